The van der Waals surface area contributed by atoms with E-state index < -0.39 is 11.9 Å². The van der Waals surface area contributed by atoms with Gasteiger partial charge in [0.05, 0.1) is 11.8 Å². The Hall–Kier alpha value is -1.92. The first kappa shape index (κ1) is 13.1. The van der Waals surface area contributed by atoms with E-state index in [9.17, 15) is 9.59 Å². The fraction of sp³-hybridized carbons (Fsp3) is 0.600. The molecule has 0 fully saturated rings. The van der Waals surface area contributed by atoms with E-state index >= 15 is 0 Å². The molecule has 17 heavy (non-hydrogen) atoms. The van der Waals surface area contributed by atoms with Crippen molar-refractivity contribution in [2.24, 2.45) is 5.73 Å². The molecule has 1 atom stereocenters. The number of aromatic nitrogens is 3. The maximum absolute atomic E-state index is 11.5. The quantitative estimate of drug-likeness (QED) is 0.731. The highest BCUT2D eigenvalue weighted by molar-refractivity contribution is 5.91. The maximum atomic E-state index is 11.5. The minimum atomic E-state index is -0.663. The number of ether oxygens (including phenoxy) is 1. The van der Waals surface area contributed by atoms with Gasteiger partial charge in [-0.15, -0.1) is 5.10 Å². The third-order valence-electron chi connectivity index (χ3n) is 2.40. The highest BCUT2D eigenvalue weighted by Gasteiger charge is 2.16. The molecule has 1 amide bonds. The molecule has 0 aliphatic carbocycles. The lowest BCUT2D eigenvalue weighted by Crippen LogP contribution is -2.20. The summed E-state index contributed by atoms with van der Waals surface area (Å²) in [6.07, 6.45) is 0.608. The Kier molecular flexibility index (Phi) is 4.19. The summed E-state index contributed by atoms with van der Waals surface area (Å²) in [5.41, 5.74) is 5.62. The van der Waals surface area contributed by atoms with Crippen molar-refractivity contribution in [1.29, 1.82) is 0 Å². The lowest BCUT2D eigenvalue weighted by Gasteiger charge is -2.10. The minimum absolute atomic E-state index is 0.0707. The molecule has 1 aromatic rings. The summed E-state index contributed by atoms with van der Waals surface area (Å²) in [6.45, 7) is 5.28. The van der Waals surface area contributed by atoms with Crippen LogP contribution in [0.15, 0.2) is 0 Å². The molecule has 7 nitrogen and oxygen atoms in total. The Bertz CT molecular complexity index is 427. The molecule has 2 N–H and O–H groups in total. The summed E-state index contributed by atoms with van der Waals surface area (Å²) in [6, 6.07) is 0. The molecule has 7 heteroatoms. The van der Waals surface area contributed by atoms with Crippen molar-refractivity contribution in [2.45, 2.75) is 39.8 Å². The average Bonchev–Trinajstić information content (AvgIpc) is 2.60. The van der Waals surface area contributed by atoms with Gasteiger partial charge in [-0.2, -0.15) is 0 Å². The van der Waals surface area contributed by atoms with Crippen LogP contribution in [0, 0.1) is 6.92 Å². The van der Waals surface area contributed by atoms with Crippen molar-refractivity contribution < 1.29 is 14.3 Å². The average molecular weight is 240 g/mol. The number of nitrogens with zero attached hydrogens (tertiary/aromatic N) is 3. The van der Waals surface area contributed by atoms with Gasteiger partial charge >= 0.3 is 5.97 Å². The number of esters is 1. The van der Waals surface area contributed by atoms with Crippen LogP contribution >= 0.6 is 0 Å². The summed E-state index contributed by atoms with van der Waals surface area (Å²) in [5.74, 6) is -1.08. The number of carbonyl (C=O) groups is 2. The summed E-state index contributed by atoms with van der Waals surface area (Å²) < 4.78 is 6.38. The molecule has 1 unspecified atom stereocenters. The van der Waals surface area contributed by atoms with Crippen LogP contribution < -0.4 is 5.73 Å². The first-order chi connectivity index (χ1) is 7.95. The fourth-order valence-corrected chi connectivity index (χ4v) is 1.21. The van der Waals surface area contributed by atoms with E-state index in [0.717, 1.165) is 6.42 Å². The number of amides is 1. The molecular weight excluding hydrogens is 224 g/mol. The van der Waals surface area contributed by atoms with Crippen molar-refractivity contribution in [2.75, 3.05) is 0 Å². The van der Waals surface area contributed by atoms with Gasteiger partial charge in [0.1, 0.15) is 6.54 Å². The predicted octanol–water partition coefficient (Wildman–Crippen LogP) is 0.0271. The standard InChI is InChI=1S/C10H16N4O3/c1-4-6(2)17-8(15)5-14-7(3)9(10(11)16)12-13-14/h6H,4-5H2,1-3H3,(H2,11,16). The van der Waals surface area contributed by atoms with Crippen molar-refractivity contribution >= 4 is 11.9 Å². The van der Waals surface area contributed by atoms with Crippen LogP contribution in [0.1, 0.15) is 36.5 Å². The van der Waals surface area contributed by atoms with Crippen LogP contribution in [0.25, 0.3) is 0 Å². The van der Waals surface area contributed by atoms with Crippen LogP contribution in [0.2, 0.25) is 0 Å². The number of hydrogen-bond acceptors (Lipinski definition) is 5. The van der Waals surface area contributed by atoms with Crippen molar-refractivity contribution in [1.82, 2.24) is 15.0 Å². The predicted molar refractivity (Wildman–Crippen MR) is 59.1 cm³/mol. The second kappa shape index (κ2) is 5.42. The topological polar surface area (TPSA) is 100 Å². The molecule has 0 aliphatic heterocycles. The van der Waals surface area contributed by atoms with E-state index in [4.69, 9.17) is 10.5 Å². The Labute approximate surface area is 98.9 Å². The first-order valence-electron chi connectivity index (χ1n) is 5.35. The second-order valence-electron chi connectivity index (χ2n) is 3.75. The van der Waals surface area contributed by atoms with E-state index in [1.165, 1.54) is 4.68 Å². The van der Waals surface area contributed by atoms with Crippen LogP contribution in [0.4, 0.5) is 0 Å². The van der Waals surface area contributed by atoms with Gasteiger partial charge < -0.3 is 10.5 Å². The van der Waals surface area contributed by atoms with E-state index in [2.05, 4.69) is 10.3 Å². The number of carbonyl (C=O) groups excluding carboxylic acids is 2. The van der Waals surface area contributed by atoms with Gasteiger partial charge in [0.15, 0.2) is 5.69 Å². The third-order valence-corrected chi connectivity index (χ3v) is 2.40. The van der Waals surface area contributed by atoms with Crippen molar-refractivity contribution in [3.05, 3.63) is 11.4 Å². The smallest absolute Gasteiger partial charge is 0.328 e. The van der Waals surface area contributed by atoms with E-state index in [0.29, 0.717) is 5.69 Å². The summed E-state index contributed by atoms with van der Waals surface area (Å²) in [4.78, 5) is 22.4. The third kappa shape index (κ3) is 3.27. The first-order valence-corrected chi connectivity index (χ1v) is 5.35. The molecule has 0 radical (unpaired) electrons. The molecule has 1 rings (SSSR count). The number of nitrogens with two attached hydrogens (primary N) is 1. The van der Waals surface area contributed by atoms with Gasteiger partial charge in [0.2, 0.25) is 0 Å². The monoisotopic (exact) mass is 240 g/mol. The van der Waals surface area contributed by atoms with E-state index in [1.807, 2.05) is 6.92 Å². The maximum Gasteiger partial charge on any atom is 0.328 e. The number of primary amides is 1. The second-order valence-corrected chi connectivity index (χ2v) is 3.75. The lowest BCUT2D eigenvalue weighted by atomic mass is 10.3. The molecule has 0 bridgehead atoms. The summed E-state index contributed by atoms with van der Waals surface area (Å²) in [7, 11) is 0. The Morgan fingerprint density at radius 3 is 2.65 bits per heavy atom. The van der Waals surface area contributed by atoms with Crippen LogP contribution in [0.3, 0.4) is 0 Å². The molecule has 0 aromatic carbocycles. The largest absolute Gasteiger partial charge is 0.461 e. The lowest BCUT2D eigenvalue weighted by molar-refractivity contribution is -0.149. The van der Waals surface area contributed by atoms with Gasteiger partial charge in [-0.3, -0.25) is 9.59 Å². The zero-order chi connectivity index (χ0) is 13.0. The van der Waals surface area contributed by atoms with E-state index in [1.54, 1.807) is 13.8 Å². The zero-order valence-electron chi connectivity index (χ0n) is 10.1. The van der Waals surface area contributed by atoms with Gasteiger partial charge in [-0.1, -0.05) is 12.1 Å². The van der Waals surface area contributed by atoms with Gasteiger partial charge in [-0.05, 0) is 20.3 Å². The molecule has 1 heterocycles. The highest BCUT2D eigenvalue weighted by atomic mass is 16.5. The molecule has 1 aromatic heterocycles. The Morgan fingerprint density at radius 2 is 2.18 bits per heavy atom. The zero-order valence-corrected chi connectivity index (χ0v) is 10.1. The van der Waals surface area contributed by atoms with E-state index in [-0.39, 0.29) is 18.3 Å². The Morgan fingerprint density at radius 1 is 1.53 bits per heavy atom. The summed E-state index contributed by atoms with van der Waals surface area (Å²) in [5, 5.41) is 7.27. The molecule has 0 saturated heterocycles. The van der Waals surface area contributed by atoms with Crippen molar-refractivity contribution in [3.8, 4) is 0 Å². The minimum Gasteiger partial charge on any atom is -0.461 e. The normalized spacial score (nSPS) is 12.2. The molecule has 94 valence electrons. The molecule has 0 spiro atoms. The highest BCUT2D eigenvalue weighted by Crippen LogP contribution is 2.04. The van der Waals surface area contributed by atoms with Gasteiger partial charge in [0.25, 0.3) is 5.91 Å². The van der Waals surface area contributed by atoms with Crippen molar-refractivity contribution in [3.63, 3.8) is 0 Å². The van der Waals surface area contributed by atoms with Crippen LogP contribution in [0.5, 0.6) is 0 Å². The number of rotatable bonds is 5. The van der Waals surface area contributed by atoms with Crippen LogP contribution in [-0.4, -0.2) is 33.0 Å². The molecule has 0 aliphatic rings. The van der Waals surface area contributed by atoms with Gasteiger partial charge in [0, 0.05) is 0 Å². The number of hydrogen-bond donors (Lipinski definition) is 1. The van der Waals surface area contributed by atoms with Gasteiger partial charge in [-0.25, -0.2) is 4.68 Å². The molecule has 0 saturated carbocycles. The molecular formula is C10H16N4O3. The SMILES string of the molecule is CCC(C)OC(=O)Cn1nnc(C(N)=O)c1C. The summed E-state index contributed by atoms with van der Waals surface area (Å²) >= 11 is 0. The Balaban J connectivity index is 2.69. The van der Waals surface area contributed by atoms with Crippen LogP contribution in [-0.2, 0) is 16.1 Å². The fourth-order valence-electron chi connectivity index (χ4n) is 1.21.